The van der Waals surface area contributed by atoms with Crippen molar-refractivity contribution in [1.29, 1.82) is 0 Å². The number of hydrogen-bond acceptors (Lipinski definition) is 5. The summed E-state index contributed by atoms with van der Waals surface area (Å²) in [5, 5.41) is 12.6. The van der Waals surface area contributed by atoms with Crippen LogP contribution < -0.4 is 15.8 Å². The molecule has 0 bridgehead atoms. The number of hydrogen-bond donors (Lipinski definition) is 2. The number of nitrogens with zero attached hydrogens (tertiary/aromatic N) is 3. The number of rotatable bonds is 9. The van der Waals surface area contributed by atoms with E-state index in [-0.39, 0.29) is 11.9 Å². The zero-order valence-electron chi connectivity index (χ0n) is 21.4. The minimum Gasteiger partial charge on any atom is -0.497 e. The lowest BCUT2D eigenvalue weighted by atomic mass is 9.74. The van der Waals surface area contributed by atoms with Crippen molar-refractivity contribution in [3.63, 3.8) is 0 Å². The third-order valence-electron chi connectivity index (χ3n) is 6.77. The number of allylic oxidation sites excluding steroid dienone is 2. The van der Waals surface area contributed by atoms with Crippen molar-refractivity contribution >= 4 is 5.91 Å². The number of nitrogens with one attached hydrogen (secondary N) is 1. The van der Waals surface area contributed by atoms with Gasteiger partial charge in [-0.25, -0.2) is 0 Å². The van der Waals surface area contributed by atoms with Gasteiger partial charge >= 0.3 is 0 Å². The fraction of sp³-hybridized carbons (Fsp3) is 0.345. The van der Waals surface area contributed by atoms with E-state index in [2.05, 4.69) is 52.2 Å². The smallest absolute Gasteiger partial charge is 0.240 e. The van der Waals surface area contributed by atoms with Gasteiger partial charge in [-0.1, -0.05) is 73.7 Å². The Morgan fingerprint density at radius 1 is 1.08 bits per heavy atom. The largest absolute Gasteiger partial charge is 0.497 e. The highest BCUT2D eigenvalue weighted by atomic mass is 16.5. The highest BCUT2D eigenvalue weighted by molar-refractivity contribution is 5.85. The number of nitrogens with two attached hydrogens (primary N) is 1. The number of ether oxygens (including phenoxy) is 1. The van der Waals surface area contributed by atoms with Crippen LogP contribution in [-0.2, 0) is 23.2 Å². The van der Waals surface area contributed by atoms with Crippen LogP contribution in [0.1, 0.15) is 50.0 Å². The van der Waals surface area contributed by atoms with Crippen LogP contribution >= 0.6 is 0 Å². The van der Waals surface area contributed by atoms with Gasteiger partial charge in [-0.05, 0) is 43.5 Å². The van der Waals surface area contributed by atoms with Crippen molar-refractivity contribution in [3.05, 3.63) is 102 Å². The van der Waals surface area contributed by atoms with Crippen LogP contribution in [0.25, 0.3) is 0 Å². The molecule has 0 fully saturated rings. The third-order valence-corrected chi connectivity index (χ3v) is 6.77. The molecule has 7 nitrogen and oxygen atoms in total. The van der Waals surface area contributed by atoms with E-state index in [0.717, 1.165) is 34.9 Å². The Hall–Kier alpha value is -3.71. The molecule has 1 aromatic heterocycles. The zero-order valence-corrected chi connectivity index (χ0v) is 21.4. The van der Waals surface area contributed by atoms with Gasteiger partial charge in [0, 0.05) is 6.42 Å². The van der Waals surface area contributed by atoms with Crippen LogP contribution in [0.3, 0.4) is 0 Å². The summed E-state index contributed by atoms with van der Waals surface area (Å²) in [5.41, 5.74) is 6.80. The third kappa shape index (κ3) is 5.26. The van der Waals surface area contributed by atoms with Crippen LogP contribution in [0, 0.1) is 0 Å². The standard InChI is InChI=1S/C29H35N5O2/c1-5-29(18-10-9-13-24(29)31-27(35)28(2,3)30)26-33-32-25(19-21-11-7-6-8-12-21)34(26)20-22-14-16-23(36-4)17-15-22/h6-18,24H,5,19-20,30H2,1-4H3,(H,31,35)/t24?,29-/m1/s1. The van der Waals surface area contributed by atoms with Gasteiger partial charge in [0.2, 0.25) is 5.91 Å². The summed E-state index contributed by atoms with van der Waals surface area (Å²) in [4.78, 5) is 12.9. The molecule has 1 aliphatic rings. The minimum atomic E-state index is -0.996. The fourth-order valence-corrected chi connectivity index (χ4v) is 4.56. The predicted octanol–water partition coefficient (Wildman–Crippen LogP) is 3.92. The Morgan fingerprint density at radius 2 is 1.81 bits per heavy atom. The summed E-state index contributed by atoms with van der Waals surface area (Å²) in [6.45, 7) is 6.13. The number of carbonyl (C=O) groups is 1. The van der Waals surface area contributed by atoms with E-state index in [4.69, 9.17) is 15.6 Å². The van der Waals surface area contributed by atoms with Gasteiger partial charge < -0.3 is 20.4 Å². The molecule has 0 saturated carbocycles. The molecule has 0 radical (unpaired) electrons. The van der Waals surface area contributed by atoms with Gasteiger partial charge in [0.25, 0.3) is 0 Å². The second kappa shape index (κ2) is 10.5. The van der Waals surface area contributed by atoms with E-state index in [1.807, 2.05) is 48.6 Å². The summed E-state index contributed by atoms with van der Waals surface area (Å²) in [5.74, 6) is 2.28. The van der Waals surface area contributed by atoms with E-state index >= 15 is 0 Å². The van der Waals surface area contributed by atoms with Gasteiger partial charge in [-0.3, -0.25) is 4.79 Å². The Bertz CT molecular complexity index is 1240. The average molecular weight is 486 g/mol. The summed E-state index contributed by atoms with van der Waals surface area (Å²) < 4.78 is 7.53. The number of benzene rings is 2. The van der Waals surface area contributed by atoms with Gasteiger partial charge in [0.15, 0.2) is 0 Å². The molecule has 0 spiro atoms. The maximum atomic E-state index is 12.9. The Balaban J connectivity index is 1.79. The maximum Gasteiger partial charge on any atom is 0.240 e. The van der Waals surface area contributed by atoms with E-state index in [1.165, 1.54) is 0 Å². The molecule has 1 heterocycles. The van der Waals surface area contributed by atoms with E-state index in [1.54, 1.807) is 21.0 Å². The normalized spacial score (nSPS) is 19.3. The lowest BCUT2D eigenvalue weighted by Gasteiger charge is -2.38. The lowest BCUT2D eigenvalue weighted by Crippen LogP contribution is -2.57. The molecule has 7 heteroatoms. The Morgan fingerprint density at radius 3 is 2.44 bits per heavy atom. The molecule has 0 saturated heterocycles. The fourth-order valence-electron chi connectivity index (χ4n) is 4.56. The number of amides is 1. The van der Waals surface area contributed by atoms with Crippen LogP contribution in [0.15, 0.2) is 78.9 Å². The summed E-state index contributed by atoms with van der Waals surface area (Å²) in [6, 6.07) is 18.0. The molecule has 36 heavy (non-hydrogen) atoms. The topological polar surface area (TPSA) is 95.1 Å². The number of carbonyl (C=O) groups excluding carboxylic acids is 1. The zero-order chi connectivity index (χ0) is 25.8. The SMILES string of the molecule is CC[C@@]1(c2nnc(Cc3ccccc3)n2Cc2ccc(OC)cc2)C=CC=CC1NC(=O)C(C)(C)N. The predicted molar refractivity (Wildman–Crippen MR) is 142 cm³/mol. The van der Waals surface area contributed by atoms with E-state index in [0.29, 0.717) is 13.0 Å². The summed E-state index contributed by atoms with van der Waals surface area (Å²) in [6.07, 6.45) is 9.48. The first-order chi connectivity index (χ1) is 17.3. The summed E-state index contributed by atoms with van der Waals surface area (Å²) in [7, 11) is 1.66. The van der Waals surface area contributed by atoms with Gasteiger partial charge in [0.05, 0.1) is 30.7 Å². The molecule has 1 amide bonds. The monoisotopic (exact) mass is 485 g/mol. The van der Waals surface area contributed by atoms with Crippen molar-refractivity contribution in [3.8, 4) is 5.75 Å². The Labute approximate surface area is 213 Å². The van der Waals surface area contributed by atoms with Gasteiger partial charge in [-0.2, -0.15) is 0 Å². The minimum absolute atomic E-state index is 0.212. The molecule has 3 N–H and O–H groups in total. The number of aromatic nitrogens is 3. The van der Waals surface area contributed by atoms with Crippen LogP contribution in [0.5, 0.6) is 5.75 Å². The first-order valence-electron chi connectivity index (χ1n) is 12.3. The average Bonchev–Trinajstić information content (AvgIpc) is 3.27. The molecule has 188 valence electrons. The molecule has 4 rings (SSSR count). The maximum absolute atomic E-state index is 12.9. The second-order valence-electron chi connectivity index (χ2n) is 9.85. The first kappa shape index (κ1) is 25.4. The molecule has 3 aromatic rings. The van der Waals surface area contributed by atoms with Crippen molar-refractivity contribution in [2.24, 2.45) is 5.73 Å². The molecule has 0 aliphatic heterocycles. The highest BCUT2D eigenvalue weighted by Crippen LogP contribution is 2.36. The van der Waals surface area contributed by atoms with Crippen LogP contribution in [0.2, 0.25) is 0 Å². The van der Waals surface area contributed by atoms with Crippen LogP contribution in [-0.4, -0.2) is 39.4 Å². The molecule has 2 aromatic carbocycles. The van der Waals surface area contributed by atoms with Gasteiger partial charge in [0.1, 0.15) is 17.4 Å². The first-order valence-corrected chi connectivity index (χ1v) is 12.3. The summed E-state index contributed by atoms with van der Waals surface area (Å²) >= 11 is 0. The lowest BCUT2D eigenvalue weighted by molar-refractivity contribution is -0.126. The van der Waals surface area contributed by atoms with Crippen molar-refractivity contribution in [1.82, 2.24) is 20.1 Å². The molecule has 2 atom stereocenters. The Kier molecular flexibility index (Phi) is 7.40. The van der Waals surface area contributed by atoms with Crippen molar-refractivity contribution in [2.75, 3.05) is 7.11 Å². The number of methoxy groups -OCH3 is 1. The van der Waals surface area contributed by atoms with Gasteiger partial charge in [-0.15, -0.1) is 10.2 Å². The quantitative estimate of drug-likeness (QED) is 0.479. The van der Waals surface area contributed by atoms with E-state index in [9.17, 15) is 4.79 Å². The van der Waals surface area contributed by atoms with E-state index < -0.39 is 11.0 Å². The van der Waals surface area contributed by atoms with Crippen molar-refractivity contribution < 1.29 is 9.53 Å². The van der Waals surface area contributed by atoms with Crippen molar-refractivity contribution in [2.45, 2.75) is 57.2 Å². The molecular weight excluding hydrogens is 450 g/mol. The second-order valence-corrected chi connectivity index (χ2v) is 9.85. The highest BCUT2D eigenvalue weighted by Gasteiger charge is 2.43. The molecule has 1 unspecified atom stereocenters. The van der Waals surface area contributed by atoms with Crippen LogP contribution in [0.4, 0.5) is 0 Å². The molecular formula is C29H35N5O2. The molecule has 1 aliphatic carbocycles.